The van der Waals surface area contributed by atoms with Crippen LogP contribution < -0.4 is 5.32 Å². The Balaban J connectivity index is 1.84. The van der Waals surface area contributed by atoms with Gasteiger partial charge in [0.1, 0.15) is 5.82 Å². The Morgan fingerprint density at radius 1 is 1.44 bits per heavy atom. The Kier molecular flexibility index (Phi) is 4.16. The number of hydrogen-bond donors (Lipinski definition) is 1. The monoisotopic (exact) mass is 239 g/mol. The number of nitrogens with one attached hydrogen (secondary N) is 1. The Bertz CT molecular complexity index is 320. The Labute approximate surface area is 102 Å². The van der Waals surface area contributed by atoms with Crippen LogP contribution >= 0.6 is 11.5 Å². The third-order valence-electron chi connectivity index (χ3n) is 3.08. The van der Waals surface area contributed by atoms with E-state index in [-0.39, 0.29) is 0 Å². The molecular weight excluding hydrogens is 218 g/mol. The van der Waals surface area contributed by atoms with Crippen LogP contribution in [-0.4, -0.2) is 15.4 Å². The molecule has 1 aliphatic carbocycles. The molecule has 1 saturated carbocycles. The molecule has 0 radical (unpaired) electrons. The number of nitrogens with zero attached hydrogens (tertiary/aromatic N) is 2. The van der Waals surface area contributed by atoms with Crippen molar-refractivity contribution < 1.29 is 0 Å². The van der Waals surface area contributed by atoms with E-state index in [4.69, 9.17) is 0 Å². The van der Waals surface area contributed by atoms with Crippen molar-refractivity contribution in [2.24, 2.45) is 5.92 Å². The van der Waals surface area contributed by atoms with Gasteiger partial charge < -0.3 is 5.32 Å². The van der Waals surface area contributed by atoms with Crippen molar-refractivity contribution >= 4 is 16.7 Å². The van der Waals surface area contributed by atoms with Crippen molar-refractivity contribution in [3.63, 3.8) is 0 Å². The summed E-state index contributed by atoms with van der Waals surface area (Å²) in [7, 11) is 0. The highest BCUT2D eigenvalue weighted by Crippen LogP contribution is 2.34. The van der Waals surface area contributed by atoms with Gasteiger partial charge in [-0.3, -0.25) is 0 Å². The van der Waals surface area contributed by atoms with Gasteiger partial charge in [0, 0.05) is 24.0 Å². The van der Waals surface area contributed by atoms with E-state index >= 15 is 0 Å². The van der Waals surface area contributed by atoms with Crippen molar-refractivity contribution in [2.45, 2.75) is 58.4 Å². The summed E-state index contributed by atoms with van der Waals surface area (Å²) < 4.78 is 4.36. The van der Waals surface area contributed by atoms with Crippen molar-refractivity contribution in [1.82, 2.24) is 9.36 Å². The molecule has 0 aliphatic heterocycles. The fourth-order valence-electron chi connectivity index (χ4n) is 1.90. The smallest absolute Gasteiger partial charge is 0.202 e. The van der Waals surface area contributed by atoms with Crippen LogP contribution in [0.15, 0.2) is 0 Å². The Morgan fingerprint density at radius 3 is 2.88 bits per heavy atom. The molecule has 1 unspecified atom stereocenters. The second-order valence-corrected chi connectivity index (χ2v) is 5.45. The van der Waals surface area contributed by atoms with Crippen LogP contribution in [0.2, 0.25) is 0 Å². The molecule has 1 fully saturated rings. The minimum absolute atomic E-state index is 0.593. The van der Waals surface area contributed by atoms with Crippen LogP contribution in [0.5, 0.6) is 0 Å². The molecule has 0 aromatic carbocycles. The maximum absolute atomic E-state index is 4.51. The molecular formula is C12H21N3S. The zero-order valence-corrected chi connectivity index (χ0v) is 11.0. The van der Waals surface area contributed by atoms with Crippen molar-refractivity contribution in [1.29, 1.82) is 0 Å². The molecule has 4 heteroatoms. The largest absolute Gasteiger partial charge is 0.358 e. The fraction of sp³-hybridized carbons (Fsp3) is 0.833. The lowest BCUT2D eigenvalue weighted by Gasteiger charge is -2.14. The molecule has 2 rings (SSSR count). The molecule has 1 aromatic rings. The van der Waals surface area contributed by atoms with Crippen LogP contribution in [0.4, 0.5) is 5.13 Å². The molecule has 0 amide bonds. The van der Waals surface area contributed by atoms with Crippen LogP contribution in [0.1, 0.15) is 51.8 Å². The van der Waals surface area contributed by atoms with Gasteiger partial charge in [0.2, 0.25) is 5.13 Å². The highest BCUT2D eigenvalue weighted by atomic mass is 32.1. The molecule has 0 spiro atoms. The van der Waals surface area contributed by atoms with Gasteiger partial charge in [-0.25, -0.2) is 4.98 Å². The minimum Gasteiger partial charge on any atom is -0.358 e. The maximum atomic E-state index is 4.51. The molecule has 0 bridgehead atoms. The zero-order chi connectivity index (χ0) is 11.4. The molecule has 0 saturated heterocycles. The molecule has 1 aromatic heterocycles. The van der Waals surface area contributed by atoms with E-state index in [2.05, 4.69) is 28.5 Å². The summed E-state index contributed by atoms with van der Waals surface area (Å²) in [5.41, 5.74) is 0. The van der Waals surface area contributed by atoms with E-state index in [0.717, 1.165) is 29.7 Å². The third-order valence-corrected chi connectivity index (χ3v) is 3.76. The van der Waals surface area contributed by atoms with Gasteiger partial charge in [-0.1, -0.05) is 26.7 Å². The lowest BCUT2D eigenvalue weighted by Crippen LogP contribution is -2.18. The first-order chi connectivity index (χ1) is 7.81. The Morgan fingerprint density at radius 2 is 2.25 bits per heavy atom. The molecule has 16 heavy (non-hydrogen) atoms. The predicted octanol–water partition coefficient (Wildman–Crippen LogP) is 3.48. The third kappa shape index (κ3) is 3.44. The Hall–Kier alpha value is -0.640. The van der Waals surface area contributed by atoms with Crippen LogP contribution in [0, 0.1) is 5.92 Å². The maximum Gasteiger partial charge on any atom is 0.202 e. The van der Waals surface area contributed by atoms with E-state index in [9.17, 15) is 0 Å². The quantitative estimate of drug-likeness (QED) is 0.791. The predicted molar refractivity (Wildman–Crippen MR) is 68.9 cm³/mol. The zero-order valence-electron chi connectivity index (χ0n) is 10.2. The molecule has 3 nitrogen and oxygen atoms in total. The average molecular weight is 239 g/mol. The standard InChI is InChI=1S/C12H21N3S/c1-3-5-11-14-12(16-15-11)13-10(4-2)8-9-6-7-9/h9-10H,3-8H2,1-2H3,(H,13,14,15). The number of aromatic nitrogens is 2. The van der Waals surface area contributed by atoms with E-state index in [1.54, 1.807) is 0 Å². The highest BCUT2D eigenvalue weighted by Gasteiger charge is 2.25. The SMILES string of the molecule is CCCc1nsc(NC(CC)CC2CC2)n1. The van der Waals surface area contributed by atoms with E-state index < -0.39 is 0 Å². The van der Waals surface area contributed by atoms with Crippen molar-refractivity contribution in [2.75, 3.05) is 5.32 Å². The lowest BCUT2D eigenvalue weighted by molar-refractivity contribution is 0.586. The summed E-state index contributed by atoms with van der Waals surface area (Å²) in [6.07, 6.45) is 7.45. The minimum atomic E-state index is 0.593. The first kappa shape index (κ1) is 11.8. The van der Waals surface area contributed by atoms with E-state index in [1.807, 2.05) is 0 Å². The lowest BCUT2D eigenvalue weighted by atomic mass is 10.1. The first-order valence-corrected chi connectivity index (χ1v) is 7.18. The highest BCUT2D eigenvalue weighted by molar-refractivity contribution is 7.09. The topological polar surface area (TPSA) is 37.8 Å². The molecule has 1 aliphatic rings. The van der Waals surface area contributed by atoms with E-state index in [0.29, 0.717) is 6.04 Å². The van der Waals surface area contributed by atoms with Crippen LogP contribution in [-0.2, 0) is 6.42 Å². The second-order valence-electron chi connectivity index (χ2n) is 4.69. The summed E-state index contributed by atoms with van der Waals surface area (Å²) in [6, 6.07) is 0.593. The number of rotatable bonds is 7. The van der Waals surface area contributed by atoms with Gasteiger partial charge in [0.25, 0.3) is 0 Å². The van der Waals surface area contributed by atoms with Crippen molar-refractivity contribution in [3.05, 3.63) is 5.82 Å². The van der Waals surface area contributed by atoms with Gasteiger partial charge in [0.05, 0.1) is 0 Å². The second kappa shape index (κ2) is 5.62. The van der Waals surface area contributed by atoms with Crippen LogP contribution in [0.3, 0.4) is 0 Å². The van der Waals surface area contributed by atoms with E-state index in [1.165, 1.54) is 37.2 Å². The van der Waals surface area contributed by atoms with Gasteiger partial charge in [-0.15, -0.1) is 0 Å². The van der Waals surface area contributed by atoms with Gasteiger partial charge in [0.15, 0.2) is 0 Å². The summed E-state index contributed by atoms with van der Waals surface area (Å²) in [6.45, 7) is 4.41. The summed E-state index contributed by atoms with van der Waals surface area (Å²) in [5, 5.41) is 4.53. The molecule has 1 heterocycles. The summed E-state index contributed by atoms with van der Waals surface area (Å²) in [5.74, 6) is 1.97. The van der Waals surface area contributed by atoms with Crippen molar-refractivity contribution in [3.8, 4) is 0 Å². The average Bonchev–Trinajstić information content (AvgIpc) is 2.99. The first-order valence-electron chi connectivity index (χ1n) is 6.41. The van der Waals surface area contributed by atoms with Gasteiger partial charge >= 0.3 is 0 Å². The molecule has 90 valence electrons. The van der Waals surface area contributed by atoms with Crippen LogP contribution in [0.25, 0.3) is 0 Å². The molecule has 1 N–H and O–H groups in total. The van der Waals surface area contributed by atoms with Gasteiger partial charge in [-0.05, 0) is 25.2 Å². The molecule has 1 atom stereocenters. The normalized spacial score (nSPS) is 17.4. The van der Waals surface area contributed by atoms with Gasteiger partial charge in [-0.2, -0.15) is 4.37 Å². The number of anilines is 1. The summed E-state index contributed by atoms with van der Waals surface area (Å²) >= 11 is 1.51. The fourth-order valence-corrected chi connectivity index (χ4v) is 2.59. The number of hydrogen-bond acceptors (Lipinski definition) is 4. The number of aryl methyl sites for hydroxylation is 1. The summed E-state index contributed by atoms with van der Waals surface area (Å²) in [4.78, 5) is 4.51.